The molecule has 1 aromatic carbocycles. The number of aromatic nitrogens is 2. The van der Waals surface area contributed by atoms with Crippen LogP contribution in [0.2, 0.25) is 0 Å². The maximum absolute atomic E-state index is 12.8. The molecule has 0 spiro atoms. The van der Waals surface area contributed by atoms with Gasteiger partial charge in [-0.25, -0.2) is 0 Å². The van der Waals surface area contributed by atoms with Crippen LogP contribution < -0.4 is 0 Å². The van der Waals surface area contributed by atoms with Crippen LogP contribution in [-0.4, -0.2) is 39.6 Å². The van der Waals surface area contributed by atoms with Crippen LogP contribution in [0.15, 0.2) is 24.3 Å². The van der Waals surface area contributed by atoms with E-state index < -0.39 is 0 Å². The summed E-state index contributed by atoms with van der Waals surface area (Å²) in [5, 5.41) is 4.59. The van der Waals surface area contributed by atoms with Crippen molar-refractivity contribution in [2.75, 3.05) is 14.1 Å². The van der Waals surface area contributed by atoms with Crippen molar-refractivity contribution < 1.29 is 4.79 Å². The number of benzene rings is 1. The molecule has 0 radical (unpaired) electrons. The van der Waals surface area contributed by atoms with Gasteiger partial charge in [-0.05, 0) is 32.6 Å². The van der Waals surface area contributed by atoms with Gasteiger partial charge in [-0.2, -0.15) is 5.10 Å². The lowest BCUT2D eigenvalue weighted by molar-refractivity contribution is 0.0747. The Morgan fingerprint density at radius 2 is 2.00 bits per heavy atom. The van der Waals surface area contributed by atoms with Crippen LogP contribution in [0.5, 0.6) is 0 Å². The number of carbonyl (C=O) groups is 1. The molecule has 0 saturated carbocycles. The molecule has 1 aliphatic heterocycles. The molecular weight excluding hydrogens is 276 g/mol. The van der Waals surface area contributed by atoms with Gasteiger partial charge in [-0.15, -0.1) is 0 Å². The van der Waals surface area contributed by atoms with Crippen LogP contribution in [0.4, 0.5) is 0 Å². The fourth-order valence-corrected chi connectivity index (χ4v) is 3.02. The highest BCUT2D eigenvalue weighted by molar-refractivity contribution is 5.95. The highest BCUT2D eigenvalue weighted by Gasteiger charge is 2.30. The monoisotopic (exact) mass is 298 g/mol. The number of carbonyl (C=O) groups excluding carboxylic acids is 1. The van der Waals surface area contributed by atoms with Gasteiger partial charge in [0.25, 0.3) is 5.91 Å². The standard InChI is InChI=1S/C17H22N4O/c1-12-7-5-6-8-13(12)17(22)21-9-14-15(10-19(2)3)18-20(4)16(14)11-21/h5-8H,9-11H2,1-4H3. The fraction of sp³-hybridized carbons (Fsp3) is 0.412. The molecule has 0 saturated heterocycles. The van der Waals surface area contributed by atoms with Crippen molar-refractivity contribution in [3.05, 3.63) is 52.3 Å². The minimum Gasteiger partial charge on any atom is -0.328 e. The van der Waals surface area contributed by atoms with Crippen molar-refractivity contribution >= 4 is 5.91 Å². The summed E-state index contributed by atoms with van der Waals surface area (Å²) in [6.45, 7) is 4.07. The Morgan fingerprint density at radius 3 is 2.68 bits per heavy atom. The molecule has 1 aliphatic rings. The maximum Gasteiger partial charge on any atom is 0.254 e. The second-order valence-corrected chi connectivity index (χ2v) is 6.21. The molecule has 3 rings (SSSR count). The van der Waals surface area contributed by atoms with Gasteiger partial charge in [0.15, 0.2) is 0 Å². The van der Waals surface area contributed by atoms with Crippen LogP contribution in [0.3, 0.4) is 0 Å². The van der Waals surface area contributed by atoms with Gasteiger partial charge in [0.1, 0.15) is 0 Å². The van der Waals surface area contributed by atoms with Crippen molar-refractivity contribution in [2.24, 2.45) is 7.05 Å². The lowest BCUT2D eigenvalue weighted by Gasteiger charge is -2.18. The van der Waals surface area contributed by atoms with Gasteiger partial charge in [0.05, 0.1) is 24.5 Å². The van der Waals surface area contributed by atoms with Crippen LogP contribution in [0.25, 0.3) is 0 Å². The second kappa shape index (κ2) is 5.57. The third kappa shape index (κ3) is 2.52. The first-order valence-corrected chi connectivity index (χ1v) is 7.50. The van der Waals surface area contributed by atoms with Gasteiger partial charge in [0.2, 0.25) is 0 Å². The van der Waals surface area contributed by atoms with Crippen LogP contribution in [0, 0.1) is 6.92 Å². The van der Waals surface area contributed by atoms with E-state index in [9.17, 15) is 4.79 Å². The number of nitrogens with zero attached hydrogens (tertiary/aromatic N) is 4. The van der Waals surface area contributed by atoms with Crippen molar-refractivity contribution in [2.45, 2.75) is 26.6 Å². The number of hydrogen-bond donors (Lipinski definition) is 0. The summed E-state index contributed by atoms with van der Waals surface area (Å²) in [4.78, 5) is 16.8. The molecule has 0 atom stereocenters. The van der Waals surface area contributed by atoms with E-state index in [1.807, 2.05) is 61.9 Å². The van der Waals surface area contributed by atoms with Crippen molar-refractivity contribution in [1.29, 1.82) is 0 Å². The van der Waals surface area contributed by atoms with Crippen LogP contribution >= 0.6 is 0 Å². The fourth-order valence-electron chi connectivity index (χ4n) is 3.02. The Morgan fingerprint density at radius 1 is 1.27 bits per heavy atom. The lowest BCUT2D eigenvalue weighted by atomic mass is 10.1. The number of aryl methyl sites for hydroxylation is 2. The predicted molar refractivity (Wildman–Crippen MR) is 85.4 cm³/mol. The van der Waals surface area contributed by atoms with Crippen LogP contribution in [0.1, 0.15) is 32.9 Å². The van der Waals surface area contributed by atoms with E-state index in [1.54, 1.807) is 0 Å². The van der Waals surface area contributed by atoms with Crippen LogP contribution in [-0.2, 0) is 26.7 Å². The quantitative estimate of drug-likeness (QED) is 0.869. The molecule has 5 nitrogen and oxygen atoms in total. The summed E-state index contributed by atoms with van der Waals surface area (Å²) in [5.41, 5.74) is 5.24. The van der Waals surface area contributed by atoms with Crippen molar-refractivity contribution in [3.8, 4) is 0 Å². The Balaban J connectivity index is 1.86. The number of amides is 1. The molecule has 116 valence electrons. The van der Waals surface area contributed by atoms with E-state index in [-0.39, 0.29) is 5.91 Å². The van der Waals surface area contributed by atoms with Gasteiger partial charge in [-0.1, -0.05) is 18.2 Å². The molecule has 0 fully saturated rings. The molecule has 5 heteroatoms. The summed E-state index contributed by atoms with van der Waals surface area (Å²) >= 11 is 0. The highest BCUT2D eigenvalue weighted by Crippen LogP contribution is 2.27. The topological polar surface area (TPSA) is 41.4 Å². The molecule has 0 bridgehead atoms. The smallest absolute Gasteiger partial charge is 0.254 e. The number of fused-ring (bicyclic) bond motifs is 1. The Labute approximate surface area is 131 Å². The SMILES string of the molecule is Cc1ccccc1C(=O)N1Cc2c(CN(C)C)nn(C)c2C1. The van der Waals surface area contributed by atoms with Crippen molar-refractivity contribution in [1.82, 2.24) is 19.6 Å². The lowest BCUT2D eigenvalue weighted by Crippen LogP contribution is -2.27. The van der Waals surface area contributed by atoms with E-state index in [0.29, 0.717) is 13.1 Å². The molecule has 22 heavy (non-hydrogen) atoms. The minimum absolute atomic E-state index is 0.102. The highest BCUT2D eigenvalue weighted by atomic mass is 16.2. The normalized spacial score (nSPS) is 13.8. The molecule has 2 aromatic rings. The summed E-state index contributed by atoms with van der Waals surface area (Å²) in [6, 6.07) is 7.77. The van der Waals surface area contributed by atoms with E-state index in [2.05, 4.69) is 10.00 Å². The maximum atomic E-state index is 12.8. The first-order chi connectivity index (χ1) is 10.5. The zero-order valence-electron chi connectivity index (χ0n) is 13.6. The largest absolute Gasteiger partial charge is 0.328 e. The molecule has 1 amide bonds. The zero-order chi connectivity index (χ0) is 15.9. The Kier molecular flexibility index (Phi) is 3.74. The third-order valence-corrected chi connectivity index (χ3v) is 4.18. The van der Waals surface area contributed by atoms with Gasteiger partial charge >= 0.3 is 0 Å². The zero-order valence-corrected chi connectivity index (χ0v) is 13.6. The summed E-state index contributed by atoms with van der Waals surface area (Å²) in [6.07, 6.45) is 0. The Hall–Kier alpha value is -2.14. The van der Waals surface area contributed by atoms with E-state index in [1.165, 1.54) is 5.56 Å². The molecule has 0 unspecified atom stereocenters. The molecule has 1 aromatic heterocycles. The third-order valence-electron chi connectivity index (χ3n) is 4.18. The summed E-state index contributed by atoms with van der Waals surface area (Å²) < 4.78 is 1.92. The van der Waals surface area contributed by atoms with Crippen molar-refractivity contribution in [3.63, 3.8) is 0 Å². The first-order valence-electron chi connectivity index (χ1n) is 7.50. The second-order valence-electron chi connectivity index (χ2n) is 6.21. The minimum atomic E-state index is 0.102. The number of hydrogen-bond acceptors (Lipinski definition) is 3. The van der Waals surface area contributed by atoms with E-state index in [4.69, 9.17) is 0 Å². The average molecular weight is 298 g/mol. The van der Waals surface area contributed by atoms with E-state index >= 15 is 0 Å². The first kappa shape index (κ1) is 14.8. The van der Waals surface area contributed by atoms with Gasteiger partial charge in [-0.3, -0.25) is 9.48 Å². The number of rotatable bonds is 3. The Bertz CT molecular complexity index is 717. The molecule has 2 heterocycles. The average Bonchev–Trinajstić information content (AvgIpc) is 3.01. The molecular formula is C17H22N4O. The predicted octanol–water partition coefficient (Wildman–Crippen LogP) is 1.95. The summed E-state index contributed by atoms with van der Waals surface area (Å²) in [5.74, 6) is 0.102. The molecule has 0 aliphatic carbocycles. The summed E-state index contributed by atoms with van der Waals surface area (Å²) in [7, 11) is 6.03. The van der Waals surface area contributed by atoms with Gasteiger partial charge in [0, 0.05) is 24.7 Å². The molecule has 0 N–H and O–H groups in total. The van der Waals surface area contributed by atoms with E-state index in [0.717, 1.165) is 29.1 Å². The van der Waals surface area contributed by atoms with Gasteiger partial charge < -0.3 is 9.80 Å².